The molecule has 0 radical (unpaired) electrons. The first kappa shape index (κ1) is 33.9. The van der Waals surface area contributed by atoms with E-state index in [4.69, 9.17) is 0 Å². The molecule has 0 saturated heterocycles. The molecule has 0 aliphatic carbocycles. The average molecular weight is 613 g/mol. The average Bonchev–Trinajstić information content (AvgIpc) is 3.10. The molecular formula is C44H56N2. The van der Waals surface area contributed by atoms with E-state index in [2.05, 4.69) is 122 Å². The van der Waals surface area contributed by atoms with Crippen molar-refractivity contribution in [3.63, 3.8) is 0 Å². The third-order valence-corrected chi connectivity index (χ3v) is 9.49. The fourth-order valence-corrected chi connectivity index (χ4v) is 6.86. The molecule has 0 fully saturated rings. The summed E-state index contributed by atoms with van der Waals surface area (Å²) >= 11 is 0. The Morgan fingerprint density at radius 2 is 0.696 bits per heavy atom. The Morgan fingerprint density at radius 1 is 0.370 bits per heavy atom. The van der Waals surface area contributed by atoms with E-state index < -0.39 is 0 Å². The van der Waals surface area contributed by atoms with Crippen LogP contribution in [0.4, 0.5) is 0 Å². The van der Waals surface area contributed by atoms with Crippen molar-refractivity contribution >= 4 is 21.5 Å². The van der Waals surface area contributed by atoms with Crippen molar-refractivity contribution in [2.75, 3.05) is 13.1 Å². The standard InChI is InChI=1S/C44H56N2/c1-3-5-7-9-11-17-31-45-33-35-23-27-37(28-24-35)43-39-19-13-15-21-41(39)44(42-22-16-14-20-40(42)43)38-29-25-36(26-30-38)34-46-32-18-12-10-8-6-4-2/h13-16,19-30,45-46H,3-12,17-18,31-34H2,1-2H3. The van der Waals surface area contributed by atoms with E-state index in [1.54, 1.807) is 0 Å². The molecule has 5 aromatic rings. The first-order valence-electron chi connectivity index (χ1n) is 18.3. The maximum Gasteiger partial charge on any atom is 0.0205 e. The third-order valence-electron chi connectivity index (χ3n) is 9.49. The summed E-state index contributed by atoms with van der Waals surface area (Å²) in [5.41, 5.74) is 7.92. The molecule has 0 unspecified atom stereocenters. The Kier molecular flexibility index (Phi) is 13.7. The molecule has 0 aliphatic heterocycles. The van der Waals surface area contributed by atoms with Crippen molar-refractivity contribution in [2.24, 2.45) is 0 Å². The molecule has 0 saturated carbocycles. The highest BCUT2D eigenvalue weighted by Crippen LogP contribution is 2.43. The zero-order valence-corrected chi connectivity index (χ0v) is 28.6. The predicted molar refractivity (Wildman–Crippen MR) is 202 cm³/mol. The smallest absolute Gasteiger partial charge is 0.0205 e. The zero-order valence-electron chi connectivity index (χ0n) is 28.6. The summed E-state index contributed by atoms with van der Waals surface area (Å²) in [7, 11) is 0. The third kappa shape index (κ3) is 9.30. The summed E-state index contributed by atoms with van der Waals surface area (Å²) in [4.78, 5) is 0. The first-order chi connectivity index (χ1) is 22.8. The van der Waals surface area contributed by atoms with Gasteiger partial charge in [-0.15, -0.1) is 0 Å². The number of rotatable bonds is 20. The van der Waals surface area contributed by atoms with Gasteiger partial charge in [0.15, 0.2) is 0 Å². The second-order valence-corrected chi connectivity index (χ2v) is 13.1. The second-order valence-electron chi connectivity index (χ2n) is 13.1. The fraction of sp³-hybridized carbons (Fsp3) is 0.409. The van der Waals surface area contributed by atoms with Gasteiger partial charge in [0.1, 0.15) is 0 Å². The summed E-state index contributed by atoms with van der Waals surface area (Å²) < 4.78 is 0. The minimum atomic E-state index is 0.931. The van der Waals surface area contributed by atoms with E-state index in [-0.39, 0.29) is 0 Å². The molecule has 0 spiro atoms. The van der Waals surface area contributed by atoms with Crippen LogP contribution in [0, 0.1) is 0 Å². The van der Waals surface area contributed by atoms with Crippen molar-refractivity contribution in [3.05, 3.63) is 108 Å². The number of benzene rings is 5. The van der Waals surface area contributed by atoms with Crippen molar-refractivity contribution in [3.8, 4) is 22.3 Å². The van der Waals surface area contributed by atoms with Crippen LogP contribution in [0.5, 0.6) is 0 Å². The molecule has 0 atom stereocenters. The minimum absolute atomic E-state index is 0.931. The van der Waals surface area contributed by atoms with Crippen molar-refractivity contribution in [1.29, 1.82) is 0 Å². The van der Waals surface area contributed by atoms with Gasteiger partial charge in [-0.2, -0.15) is 0 Å². The Morgan fingerprint density at radius 3 is 1.04 bits per heavy atom. The maximum atomic E-state index is 3.66. The molecule has 2 N–H and O–H groups in total. The lowest BCUT2D eigenvalue weighted by Gasteiger charge is -2.18. The van der Waals surface area contributed by atoms with E-state index in [0.717, 1.165) is 26.2 Å². The van der Waals surface area contributed by atoms with Crippen LogP contribution in [0.3, 0.4) is 0 Å². The van der Waals surface area contributed by atoms with E-state index in [0.29, 0.717) is 0 Å². The second kappa shape index (κ2) is 18.6. The molecule has 0 aliphatic rings. The summed E-state index contributed by atoms with van der Waals surface area (Å²) in [5, 5.41) is 12.6. The van der Waals surface area contributed by atoms with Crippen molar-refractivity contribution in [1.82, 2.24) is 10.6 Å². The number of hydrogen-bond donors (Lipinski definition) is 2. The van der Waals surface area contributed by atoms with Gasteiger partial charge in [-0.25, -0.2) is 0 Å². The predicted octanol–water partition coefficient (Wildman–Crippen LogP) is 12.2. The van der Waals surface area contributed by atoms with E-state index >= 15 is 0 Å². The van der Waals surface area contributed by atoms with Crippen molar-refractivity contribution < 1.29 is 0 Å². The van der Waals surface area contributed by atoms with Crippen LogP contribution in [0.25, 0.3) is 43.8 Å². The maximum absolute atomic E-state index is 3.66. The fourth-order valence-electron chi connectivity index (χ4n) is 6.86. The summed E-state index contributed by atoms with van der Waals surface area (Å²) in [6.45, 7) is 8.62. The molecule has 0 heterocycles. The lowest BCUT2D eigenvalue weighted by Crippen LogP contribution is -2.14. The van der Waals surface area contributed by atoms with Crippen LogP contribution in [0.15, 0.2) is 97.1 Å². The van der Waals surface area contributed by atoms with Gasteiger partial charge in [-0.3, -0.25) is 0 Å². The van der Waals surface area contributed by atoms with Gasteiger partial charge in [0, 0.05) is 13.1 Å². The largest absolute Gasteiger partial charge is 0.313 e. The van der Waals surface area contributed by atoms with Gasteiger partial charge >= 0.3 is 0 Å². The topological polar surface area (TPSA) is 24.1 Å². The van der Waals surface area contributed by atoms with Crippen LogP contribution in [-0.2, 0) is 13.1 Å². The molecular weight excluding hydrogens is 556 g/mol. The quantitative estimate of drug-likeness (QED) is 0.0675. The van der Waals surface area contributed by atoms with E-state index in [1.807, 2.05) is 0 Å². The first-order valence-corrected chi connectivity index (χ1v) is 18.3. The lowest BCUT2D eigenvalue weighted by molar-refractivity contribution is 0.572. The van der Waals surface area contributed by atoms with Gasteiger partial charge in [0.25, 0.3) is 0 Å². The van der Waals surface area contributed by atoms with Gasteiger partial charge in [-0.1, -0.05) is 175 Å². The molecule has 46 heavy (non-hydrogen) atoms. The van der Waals surface area contributed by atoms with E-state index in [9.17, 15) is 0 Å². The molecule has 0 amide bonds. The molecule has 0 bridgehead atoms. The Labute approximate surface area is 279 Å². The highest BCUT2D eigenvalue weighted by atomic mass is 14.8. The number of hydrogen-bond acceptors (Lipinski definition) is 2. The number of fused-ring (bicyclic) bond motifs is 2. The molecule has 5 aromatic carbocycles. The lowest BCUT2D eigenvalue weighted by atomic mass is 9.85. The van der Waals surface area contributed by atoms with Crippen LogP contribution in [-0.4, -0.2) is 13.1 Å². The monoisotopic (exact) mass is 612 g/mol. The number of unbranched alkanes of at least 4 members (excludes halogenated alkanes) is 10. The molecule has 0 aromatic heterocycles. The van der Waals surface area contributed by atoms with Gasteiger partial charge in [-0.05, 0) is 80.9 Å². The Balaban J connectivity index is 1.30. The van der Waals surface area contributed by atoms with Crippen LogP contribution in [0.1, 0.15) is 102 Å². The minimum Gasteiger partial charge on any atom is -0.313 e. The number of nitrogens with one attached hydrogen (secondary N) is 2. The molecule has 2 heteroatoms. The van der Waals surface area contributed by atoms with Crippen LogP contribution in [0.2, 0.25) is 0 Å². The highest BCUT2D eigenvalue weighted by molar-refractivity contribution is 6.21. The Bertz CT molecular complexity index is 1420. The zero-order chi connectivity index (χ0) is 31.8. The molecule has 242 valence electrons. The van der Waals surface area contributed by atoms with Crippen LogP contribution >= 0.6 is 0 Å². The normalized spacial score (nSPS) is 11.5. The summed E-state index contributed by atoms with van der Waals surface area (Å²) in [6.07, 6.45) is 16.1. The highest BCUT2D eigenvalue weighted by Gasteiger charge is 2.16. The molecule has 2 nitrogen and oxygen atoms in total. The van der Waals surface area contributed by atoms with Crippen LogP contribution < -0.4 is 10.6 Å². The SMILES string of the molecule is CCCCCCCCNCc1ccc(-c2c3ccccc3c(-c3ccc(CNCCCCCCCC)cc3)c3ccccc23)cc1. The van der Waals surface area contributed by atoms with Gasteiger partial charge in [0.05, 0.1) is 0 Å². The van der Waals surface area contributed by atoms with Gasteiger partial charge < -0.3 is 10.6 Å². The molecule has 5 rings (SSSR count). The Hall–Kier alpha value is -3.46. The summed E-state index contributed by atoms with van der Waals surface area (Å²) in [5.74, 6) is 0. The van der Waals surface area contributed by atoms with E-state index in [1.165, 1.54) is 132 Å². The van der Waals surface area contributed by atoms with Crippen molar-refractivity contribution in [2.45, 2.75) is 104 Å². The summed E-state index contributed by atoms with van der Waals surface area (Å²) in [6, 6.07) is 36.5. The van der Waals surface area contributed by atoms with Gasteiger partial charge in [0.2, 0.25) is 0 Å².